The van der Waals surface area contributed by atoms with Crippen LogP contribution in [0.2, 0.25) is 0 Å². The van der Waals surface area contributed by atoms with Gasteiger partial charge >= 0.3 is 0 Å². The zero-order chi connectivity index (χ0) is 18.4. The van der Waals surface area contributed by atoms with E-state index in [1.165, 1.54) is 11.3 Å². The summed E-state index contributed by atoms with van der Waals surface area (Å²) in [4.78, 5) is 19.9. The maximum absolute atomic E-state index is 11.4. The first-order chi connectivity index (χ1) is 11.9. The highest BCUT2D eigenvalue weighted by Gasteiger charge is 2.18. The minimum atomic E-state index is 0. The van der Waals surface area contributed by atoms with Crippen LogP contribution >= 0.6 is 24.0 Å². The van der Waals surface area contributed by atoms with Crippen LogP contribution in [-0.2, 0) is 18.4 Å². The number of nitrogens with one attached hydrogen (secondary N) is 2. The Morgan fingerprint density at radius 3 is 2.35 bits per heavy atom. The molecule has 0 spiro atoms. The van der Waals surface area contributed by atoms with E-state index in [0.717, 1.165) is 50.9 Å². The lowest BCUT2D eigenvalue weighted by molar-refractivity contribution is -0.130. The highest BCUT2D eigenvalue weighted by atomic mass is 127. The van der Waals surface area contributed by atoms with E-state index in [4.69, 9.17) is 0 Å². The van der Waals surface area contributed by atoms with Crippen molar-refractivity contribution >= 4 is 35.8 Å². The van der Waals surface area contributed by atoms with Gasteiger partial charge in [-0.3, -0.25) is 19.4 Å². The van der Waals surface area contributed by atoms with Crippen molar-refractivity contribution < 1.29 is 4.79 Å². The van der Waals surface area contributed by atoms with Crippen LogP contribution in [0, 0.1) is 13.8 Å². The third-order valence-electron chi connectivity index (χ3n) is 4.85. The van der Waals surface area contributed by atoms with Crippen molar-refractivity contribution in [2.45, 2.75) is 27.3 Å². The van der Waals surface area contributed by atoms with Gasteiger partial charge in [0.1, 0.15) is 0 Å². The van der Waals surface area contributed by atoms with Gasteiger partial charge in [0.2, 0.25) is 5.91 Å². The standard InChI is InChI=1S/C17H31N7O.HI/c1-13-16(14(2)22(5)21-13)12-20-17(18-4)19-6-7-23-8-10-24(11-9-23)15(3)25;/h6-12H2,1-5H3,(H2,18,19,20);1H. The normalized spacial score (nSPS) is 15.6. The van der Waals surface area contributed by atoms with E-state index in [-0.39, 0.29) is 29.9 Å². The monoisotopic (exact) mass is 477 g/mol. The van der Waals surface area contributed by atoms with Gasteiger partial charge in [0.15, 0.2) is 5.96 Å². The van der Waals surface area contributed by atoms with E-state index in [1.807, 2.05) is 23.6 Å². The Kier molecular flexibility index (Phi) is 9.34. The number of piperazine rings is 1. The van der Waals surface area contributed by atoms with Crippen LogP contribution in [0.25, 0.3) is 0 Å². The molecule has 1 aromatic heterocycles. The van der Waals surface area contributed by atoms with Crippen LogP contribution in [0.3, 0.4) is 0 Å². The molecule has 0 atom stereocenters. The summed E-state index contributed by atoms with van der Waals surface area (Å²) in [6, 6.07) is 0. The molecule has 1 aliphatic rings. The third kappa shape index (κ3) is 6.11. The van der Waals surface area contributed by atoms with Crippen LogP contribution in [0.15, 0.2) is 4.99 Å². The van der Waals surface area contributed by atoms with Crippen LogP contribution in [0.5, 0.6) is 0 Å². The average molecular weight is 477 g/mol. The van der Waals surface area contributed by atoms with Crippen LogP contribution in [0.1, 0.15) is 23.9 Å². The van der Waals surface area contributed by atoms with Gasteiger partial charge < -0.3 is 15.5 Å². The zero-order valence-electron chi connectivity index (χ0n) is 16.5. The Labute approximate surface area is 173 Å². The van der Waals surface area contributed by atoms with Crippen LogP contribution in [0.4, 0.5) is 0 Å². The maximum Gasteiger partial charge on any atom is 0.219 e. The van der Waals surface area contributed by atoms with Crippen molar-refractivity contribution in [3.63, 3.8) is 0 Å². The van der Waals surface area contributed by atoms with Crippen molar-refractivity contribution in [1.29, 1.82) is 0 Å². The first-order valence-corrected chi connectivity index (χ1v) is 8.83. The summed E-state index contributed by atoms with van der Waals surface area (Å²) in [5.41, 5.74) is 3.43. The molecule has 1 fully saturated rings. The Bertz CT molecular complexity index is 621. The summed E-state index contributed by atoms with van der Waals surface area (Å²) in [5.74, 6) is 0.966. The van der Waals surface area contributed by atoms with Gasteiger partial charge in [0.25, 0.3) is 0 Å². The molecule has 1 amide bonds. The van der Waals surface area contributed by atoms with Gasteiger partial charge in [-0.1, -0.05) is 0 Å². The number of guanidine groups is 1. The SMILES string of the molecule is CN=C(NCCN1CCN(C(C)=O)CC1)NCc1c(C)nn(C)c1C.I. The molecule has 1 aromatic rings. The molecule has 0 bridgehead atoms. The predicted molar refractivity (Wildman–Crippen MR) is 115 cm³/mol. The smallest absolute Gasteiger partial charge is 0.219 e. The van der Waals surface area contributed by atoms with E-state index in [0.29, 0.717) is 6.54 Å². The van der Waals surface area contributed by atoms with Gasteiger partial charge in [0, 0.05) is 78.1 Å². The van der Waals surface area contributed by atoms with E-state index in [1.54, 1.807) is 14.0 Å². The molecule has 0 aromatic carbocycles. The molecule has 2 rings (SSSR count). The van der Waals surface area contributed by atoms with Crippen molar-refractivity contribution in [2.24, 2.45) is 12.0 Å². The fourth-order valence-corrected chi connectivity index (χ4v) is 3.08. The maximum atomic E-state index is 11.4. The lowest BCUT2D eigenvalue weighted by Gasteiger charge is -2.34. The van der Waals surface area contributed by atoms with E-state index in [2.05, 4.69) is 32.5 Å². The fraction of sp³-hybridized carbons (Fsp3) is 0.706. The van der Waals surface area contributed by atoms with Gasteiger partial charge in [-0.2, -0.15) is 5.10 Å². The minimum Gasteiger partial charge on any atom is -0.355 e. The van der Waals surface area contributed by atoms with E-state index < -0.39 is 0 Å². The molecule has 1 saturated heterocycles. The molecule has 26 heavy (non-hydrogen) atoms. The van der Waals surface area contributed by atoms with Crippen molar-refractivity contribution in [2.75, 3.05) is 46.3 Å². The first kappa shape index (κ1) is 22.7. The van der Waals surface area contributed by atoms with Gasteiger partial charge in [0.05, 0.1) is 5.69 Å². The molecule has 9 heteroatoms. The van der Waals surface area contributed by atoms with Crippen LogP contribution < -0.4 is 10.6 Å². The highest BCUT2D eigenvalue weighted by molar-refractivity contribution is 14.0. The molecule has 0 radical (unpaired) electrons. The highest BCUT2D eigenvalue weighted by Crippen LogP contribution is 2.10. The van der Waals surface area contributed by atoms with Gasteiger partial charge in [-0.05, 0) is 13.8 Å². The van der Waals surface area contributed by atoms with Crippen molar-refractivity contribution in [3.05, 3.63) is 17.0 Å². The molecule has 0 aliphatic carbocycles. The number of carbonyl (C=O) groups excluding carboxylic acids is 1. The Balaban J connectivity index is 0.00000338. The number of hydrogen-bond donors (Lipinski definition) is 2. The third-order valence-corrected chi connectivity index (χ3v) is 4.85. The van der Waals surface area contributed by atoms with Crippen LogP contribution in [-0.4, -0.2) is 77.8 Å². The minimum absolute atomic E-state index is 0. The predicted octanol–water partition coefficient (Wildman–Crippen LogP) is 0.484. The topological polar surface area (TPSA) is 77.8 Å². The Morgan fingerprint density at radius 1 is 1.19 bits per heavy atom. The van der Waals surface area contributed by atoms with E-state index >= 15 is 0 Å². The summed E-state index contributed by atoms with van der Waals surface area (Å²) < 4.78 is 1.91. The first-order valence-electron chi connectivity index (χ1n) is 8.83. The molecule has 0 unspecified atom stereocenters. The van der Waals surface area contributed by atoms with Crippen molar-refractivity contribution in [3.8, 4) is 0 Å². The Morgan fingerprint density at radius 2 is 1.85 bits per heavy atom. The molecule has 2 heterocycles. The number of carbonyl (C=O) groups is 1. The zero-order valence-corrected chi connectivity index (χ0v) is 18.8. The second-order valence-corrected chi connectivity index (χ2v) is 6.47. The quantitative estimate of drug-likeness (QED) is 0.367. The molecule has 148 valence electrons. The summed E-state index contributed by atoms with van der Waals surface area (Å²) in [6.45, 7) is 11.7. The summed E-state index contributed by atoms with van der Waals surface area (Å²) >= 11 is 0. The number of aliphatic imine (C=N–C) groups is 1. The second kappa shape index (κ2) is 10.7. The number of aromatic nitrogens is 2. The molecule has 0 saturated carbocycles. The largest absolute Gasteiger partial charge is 0.355 e. The lowest BCUT2D eigenvalue weighted by Crippen LogP contribution is -2.50. The molecule has 8 nitrogen and oxygen atoms in total. The molecule has 2 N–H and O–H groups in total. The van der Waals surface area contributed by atoms with Gasteiger partial charge in [-0.15, -0.1) is 24.0 Å². The fourth-order valence-electron chi connectivity index (χ4n) is 3.08. The lowest BCUT2D eigenvalue weighted by atomic mass is 10.2. The molecular weight excluding hydrogens is 445 g/mol. The summed E-state index contributed by atoms with van der Waals surface area (Å²) in [5, 5.41) is 11.1. The number of halogens is 1. The summed E-state index contributed by atoms with van der Waals surface area (Å²) in [6.07, 6.45) is 0. The summed E-state index contributed by atoms with van der Waals surface area (Å²) in [7, 11) is 3.74. The number of rotatable bonds is 5. The van der Waals surface area contributed by atoms with Crippen molar-refractivity contribution in [1.82, 2.24) is 30.2 Å². The number of aryl methyl sites for hydroxylation is 2. The van der Waals surface area contributed by atoms with Gasteiger partial charge in [-0.25, -0.2) is 0 Å². The average Bonchev–Trinajstić information content (AvgIpc) is 2.83. The second-order valence-electron chi connectivity index (χ2n) is 6.47. The number of amides is 1. The number of nitrogens with zero attached hydrogens (tertiary/aromatic N) is 5. The molecule has 1 aliphatic heterocycles. The number of hydrogen-bond acceptors (Lipinski definition) is 4. The van der Waals surface area contributed by atoms with E-state index in [9.17, 15) is 4.79 Å². The molecular formula is C17H32IN7O. The Hall–Kier alpha value is -1.36.